The molecule has 0 spiro atoms. The Morgan fingerprint density at radius 1 is 0.232 bits per heavy atom. The highest BCUT2D eigenvalue weighted by atomic mass is 15.0. The van der Waals surface area contributed by atoms with Gasteiger partial charge in [0.25, 0.3) is 0 Å². The molecule has 0 saturated heterocycles. The van der Waals surface area contributed by atoms with E-state index in [0.29, 0.717) is 17.5 Å². The Hall–Kier alpha value is -9.05. The minimum Gasteiger partial charge on any atom is -0.208 e. The molecule has 0 bridgehead atoms. The van der Waals surface area contributed by atoms with E-state index < -0.39 is 5.41 Å². The van der Waals surface area contributed by atoms with Crippen molar-refractivity contribution in [3.8, 4) is 78.7 Å². The van der Waals surface area contributed by atoms with Gasteiger partial charge in [0, 0.05) is 16.7 Å². The lowest BCUT2D eigenvalue weighted by Gasteiger charge is -2.34. The van der Waals surface area contributed by atoms with Crippen LogP contribution >= 0.6 is 0 Å². The van der Waals surface area contributed by atoms with Crippen LogP contribution in [0.25, 0.3) is 100 Å². The van der Waals surface area contributed by atoms with E-state index in [1.807, 2.05) is 30.3 Å². The second-order valence-electron chi connectivity index (χ2n) is 17.8. The number of hydrogen-bond acceptors (Lipinski definition) is 3. The lowest BCUT2D eigenvalue weighted by molar-refractivity contribution is 0.769. The summed E-state index contributed by atoms with van der Waals surface area (Å²) in [5.74, 6) is 1.89. The number of benzene rings is 11. The Bertz CT molecular complexity index is 3870. The summed E-state index contributed by atoms with van der Waals surface area (Å²) in [6, 6.07) is 93.9. The van der Waals surface area contributed by atoms with Gasteiger partial charge in [-0.3, -0.25) is 0 Å². The highest BCUT2D eigenvalue weighted by Crippen LogP contribution is 2.58. The predicted molar refractivity (Wildman–Crippen MR) is 285 cm³/mol. The van der Waals surface area contributed by atoms with Crippen LogP contribution in [0.3, 0.4) is 0 Å². The fourth-order valence-electron chi connectivity index (χ4n) is 10.9. The van der Waals surface area contributed by atoms with Gasteiger partial charge in [0.05, 0.1) is 5.41 Å². The van der Waals surface area contributed by atoms with Gasteiger partial charge in [0.15, 0.2) is 17.5 Å². The summed E-state index contributed by atoms with van der Waals surface area (Å²) in [7, 11) is 0. The summed E-state index contributed by atoms with van der Waals surface area (Å²) < 4.78 is 0. The molecule has 12 aromatic rings. The Balaban J connectivity index is 0.937. The minimum atomic E-state index is -0.503. The zero-order valence-electron chi connectivity index (χ0n) is 37.7. The summed E-state index contributed by atoms with van der Waals surface area (Å²) in [4.78, 5) is 15.4. The molecule has 11 aromatic carbocycles. The van der Waals surface area contributed by atoms with Gasteiger partial charge in [-0.25, -0.2) is 15.0 Å². The van der Waals surface area contributed by atoms with Crippen LogP contribution in [0.1, 0.15) is 22.3 Å². The fourth-order valence-corrected chi connectivity index (χ4v) is 10.9. The third-order valence-corrected chi connectivity index (χ3v) is 14.1. The van der Waals surface area contributed by atoms with Crippen LogP contribution in [0.5, 0.6) is 0 Å². The monoisotopic (exact) mass is 877 g/mol. The van der Waals surface area contributed by atoms with E-state index in [-0.39, 0.29) is 0 Å². The molecule has 0 radical (unpaired) electrons. The average Bonchev–Trinajstić information content (AvgIpc) is 3.75. The molecule has 1 heterocycles. The zero-order chi connectivity index (χ0) is 45.7. The smallest absolute Gasteiger partial charge is 0.164 e. The molecule has 0 aliphatic heterocycles. The zero-order valence-corrected chi connectivity index (χ0v) is 37.7. The summed E-state index contributed by atoms with van der Waals surface area (Å²) in [6.45, 7) is 0. The second kappa shape index (κ2) is 16.7. The van der Waals surface area contributed by atoms with E-state index in [9.17, 15) is 0 Å². The van der Waals surface area contributed by atoms with E-state index in [2.05, 4.69) is 231 Å². The van der Waals surface area contributed by atoms with Gasteiger partial charge in [-0.05, 0) is 88.3 Å². The highest BCUT2D eigenvalue weighted by molar-refractivity contribution is 6.06. The number of nitrogens with zero attached hydrogens (tertiary/aromatic N) is 3. The second-order valence-corrected chi connectivity index (χ2v) is 17.8. The van der Waals surface area contributed by atoms with Crippen LogP contribution < -0.4 is 0 Å². The third kappa shape index (κ3) is 6.70. The Labute approximate surface area is 401 Å². The van der Waals surface area contributed by atoms with E-state index in [0.717, 1.165) is 38.9 Å². The van der Waals surface area contributed by atoms with Gasteiger partial charge in [-0.2, -0.15) is 0 Å². The molecule has 1 aromatic heterocycles. The summed E-state index contributed by atoms with van der Waals surface area (Å²) in [5.41, 5.74) is 16.8. The van der Waals surface area contributed by atoms with Gasteiger partial charge in [-0.15, -0.1) is 0 Å². The van der Waals surface area contributed by atoms with E-state index in [1.165, 1.54) is 66.1 Å². The molecule has 0 amide bonds. The van der Waals surface area contributed by atoms with E-state index in [1.54, 1.807) is 0 Å². The number of hydrogen-bond donors (Lipinski definition) is 0. The number of rotatable bonds is 8. The van der Waals surface area contributed by atoms with Crippen molar-refractivity contribution in [1.82, 2.24) is 15.0 Å². The molecule has 3 nitrogen and oxygen atoms in total. The number of aromatic nitrogens is 3. The maximum absolute atomic E-state index is 5.19. The largest absolute Gasteiger partial charge is 0.208 e. The molecule has 322 valence electrons. The lowest BCUT2D eigenvalue weighted by Crippen LogP contribution is -2.28. The maximum atomic E-state index is 5.19. The first-order valence-electron chi connectivity index (χ1n) is 23.6. The van der Waals surface area contributed by atoms with Crippen LogP contribution in [0.2, 0.25) is 0 Å². The quantitative estimate of drug-likeness (QED) is 0.153. The van der Waals surface area contributed by atoms with E-state index in [4.69, 9.17) is 15.0 Å². The summed E-state index contributed by atoms with van der Waals surface area (Å²) >= 11 is 0. The minimum absolute atomic E-state index is 0.503. The van der Waals surface area contributed by atoms with Crippen molar-refractivity contribution >= 4 is 21.5 Å². The molecule has 13 rings (SSSR count). The first-order valence-corrected chi connectivity index (χ1v) is 23.6. The first kappa shape index (κ1) is 40.2. The molecule has 0 saturated carbocycles. The molecule has 1 atom stereocenters. The van der Waals surface area contributed by atoms with Gasteiger partial charge in [0.2, 0.25) is 0 Å². The van der Waals surface area contributed by atoms with Gasteiger partial charge < -0.3 is 0 Å². The molecule has 0 N–H and O–H groups in total. The molecule has 69 heavy (non-hydrogen) atoms. The van der Waals surface area contributed by atoms with Crippen LogP contribution in [-0.2, 0) is 5.41 Å². The molecule has 3 heteroatoms. The molecule has 0 fully saturated rings. The SMILES string of the molecule is c1ccc(-c2nc(-c3ccc(-c4c(-c5ccc(C6(c7ccccc7)c7ccccc7-c7c6ccc6ccccc76)cc5)ccc5ccccc45)cc3)nc(-c3ccccc3-c3ccccc3)n2)cc1. The lowest BCUT2D eigenvalue weighted by atomic mass is 9.67. The summed E-state index contributed by atoms with van der Waals surface area (Å²) in [5, 5.41) is 4.92. The Kier molecular flexibility index (Phi) is 9.73. The topological polar surface area (TPSA) is 38.7 Å². The molecular formula is C66H43N3. The standard InChI is InChI=1S/C66H43N3/c1-4-18-44(19-5-1)53-26-14-15-29-57(53)65-68-63(49-22-6-2-7-23-49)67-64(69-65)50-34-32-48(33-35-50)61-54-27-12-10-20-45(54)38-42-56(61)47-36-40-52(41-37-47)66(51-24-8-3-9-25-51)59-31-17-16-30-58(59)62-55-28-13-11-21-46(55)39-43-60(62)66/h1-43H. The van der Waals surface area contributed by atoms with Crippen LogP contribution in [0.15, 0.2) is 261 Å². The van der Waals surface area contributed by atoms with Crippen molar-refractivity contribution in [3.63, 3.8) is 0 Å². The number of fused-ring (bicyclic) bond motifs is 6. The first-order chi connectivity index (χ1) is 34.2. The van der Waals surface area contributed by atoms with Crippen LogP contribution in [-0.4, -0.2) is 15.0 Å². The fraction of sp³-hybridized carbons (Fsp3) is 0.0152. The van der Waals surface area contributed by atoms with Crippen LogP contribution in [0, 0.1) is 0 Å². The van der Waals surface area contributed by atoms with Crippen molar-refractivity contribution in [2.45, 2.75) is 5.41 Å². The average molecular weight is 878 g/mol. The highest BCUT2D eigenvalue weighted by Gasteiger charge is 2.46. The van der Waals surface area contributed by atoms with E-state index >= 15 is 0 Å². The summed E-state index contributed by atoms with van der Waals surface area (Å²) in [6.07, 6.45) is 0. The van der Waals surface area contributed by atoms with Gasteiger partial charge in [-0.1, -0.05) is 261 Å². The molecular weight excluding hydrogens is 835 g/mol. The Morgan fingerprint density at radius 3 is 1.36 bits per heavy atom. The maximum Gasteiger partial charge on any atom is 0.164 e. The van der Waals surface area contributed by atoms with Gasteiger partial charge in [0.1, 0.15) is 0 Å². The van der Waals surface area contributed by atoms with Crippen molar-refractivity contribution < 1.29 is 0 Å². The molecule has 1 aliphatic carbocycles. The molecule has 1 aliphatic rings. The van der Waals surface area contributed by atoms with Crippen molar-refractivity contribution in [1.29, 1.82) is 0 Å². The predicted octanol–water partition coefficient (Wildman–Crippen LogP) is 16.5. The normalized spacial score (nSPS) is 13.9. The van der Waals surface area contributed by atoms with Crippen molar-refractivity contribution in [3.05, 3.63) is 283 Å². The van der Waals surface area contributed by atoms with Crippen molar-refractivity contribution in [2.75, 3.05) is 0 Å². The van der Waals surface area contributed by atoms with Crippen LogP contribution in [0.4, 0.5) is 0 Å². The third-order valence-electron chi connectivity index (χ3n) is 14.1. The van der Waals surface area contributed by atoms with Gasteiger partial charge >= 0.3 is 0 Å². The van der Waals surface area contributed by atoms with Crippen molar-refractivity contribution in [2.24, 2.45) is 0 Å². The Morgan fingerprint density at radius 2 is 0.681 bits per heavy atom. The molecule has 1 unspecified atom stereocenters.